The predicted molar refractivity (Wildman–Crippen MR) is 108 cm³/mol. The van der Waals surface area contributed by atoms with Crippen molar-refractivity contribution in [2.75, 3.05) is 12.0 Å². The van der Waals surface area contributed by atoms with Gasteiger partial charge < -0.3 is 20.5 Å². The highest BCUT2D eigenvalue weighted by Gasteiger charge is 2.19. The van der Waals surface area contributed by atoms with E-state index in [1.807, 2.05) is 6.26 Å². The minimum absolute atomic E-state index is 0.166. The second-order valence-electron chi connectivity index (χ2n) is 6.06. The molecule has 8 heteroatoms. The molecule has 2 rings (SSSR count). The summed E-state index contributed by atoms with van der Waals surface area (Å²) in [5.74, 6) is -2.68. The van der Waals surface area contributed by atoms with Crippen LogP contribution in [0, 0.1) is 5.82 Å². The quantitative estimate of drug-likeness (QED) is 0.606. The van der Waals surface area contributed by atoms with E-state index in [4.69, 9.17) is 0 Å². The van der Waals surface area contributed by atoms with Crippen LogP contribution in [0.1, 0.15) is 22.3 Å². The second-order valence-corrected chi connectivity index (χ2v) is 7.04. The van der Waals surface area contributed by atoms with Crippen molar-refractivity contribution in [2.45, 2.75) is 12.5 Å². The molecular weight excluding hydrogens is 395 g/mol. The summed E-state index contributed by atoms with van der Waals surface area (Å²) in [5.41, 5.74) is 0.615. The molecule has 0 aliphatic carbocycles. The van der Waals surface area contributed by atoms with Crippen LogP contribution in [0.5, 0.6) is 0 Å². The molecule has 0 aliphatic rings. The topological polar surface area (TPSA) is 98.3 Å². The molecule has 2 amide bonds. The van der Waals surface area contributed by atoms with Crippen molar-refractivity contribution in [3.63, 3.8) is 0 Å². The van der Waals surface area contributed by atoms with Gasteiger partial charge in [-0.15, -0.1) is 0 Å². The number of carbonyl (C=O) groups is 3. The first-order chi connectivity index (χ1) is 13.9. The van der Waals surface area contributed by atoms with E-state index < -0.39 is 29.6 Å². The van der Waals surface area contributed by atoms with Crippen molar-refractivity contribution < 1.29 is 23.9 Å². The smallest absolute Gasteiger partial charge is 0.268 e. The Kier molecular flexibility index (Phi) is 8.42. The number of nitrogens with one attached hydrogen (secondary N) is 2. The van der Waals surface area contributed by atoms with E-state index in [1.54, 1.807) is 30.3 Å². The highest BCUT2D eigenvalue weighted by molar-refractivity contribution is 7.98. The largest absolute Gasteiger partial charge is 0.548 e. The molecule has 0 bridgehead atoms. The molecule has 2 N–H and O–H groups in total. The fourth-order valence-electron chi connectivity index (χ4n) is 2.39. The number of hydrogen-bond donors (Lipinski definition) is 2. The van der Waals surface area contributed by atoms with Gasteiger partial charge >= 0.3 is 0 Å². The van der Waals surface area contributed by atoms with Crippen LogP contribution in [-0.4, -0.2) is 35.8 Å². The lowest BCUT2D eigenvalue weighted by atomic mass is 10.1. The molecule has 0 spiro atoms. The van der Waals surface area contributed by atoms with E-state index in [0.29, 0.717) is 16.9 Å². The predicted octanol–water partition coefficient (Wildman–Crippen LogP) is 1.58. The van der Waals surface area contributed by atoms with Gasteiger partial charge in [0, 0.05) is 5.56 Å². The first kappa shape index (κ1) is 22.2. The minimum atomic E-state index is -1.41. The van der Waals surface area contributed by atoms with Crippen molar-refractivity contribution >= 4 is 35.6 Å². The van der Waals surface area contributed by atoms with E-state index >= 15 is 0 Å². The first-order valence-corrected chi connectivity index (χ1v) is 10.1. The fraction of sp³-hybridized carbons (Fsp3) is 0.190. The third-order valence-corrected chi connectivity index (χ3v) is 4.55. The molecule has 0 heterocycles. The molecule has 0 radical (unpaired) electrons. The van der Waals surface area contributed by atoms with Crippen LogP contribution >= 0.6 is 11.8 Å². The summed E-state index contributed by atoms with van der Waals surface area (Å²) < 4.78 is 13.1. The number of rotatable bonds is 9. The Balaban J connectivity index is 2.27. The molecule has 2 aromatic carbocycles. The van der Waals surface area contributed by atoms with Gasteiger partial charge in [-0.25, -0.2) is 4.39 Å². The van der Waals surface area contributed by atoms with Crippen molar-refractivity contribution in [3.8, 4) is 0 Å². The average molecular weight is 415 g/mol. The fourth-order valence-corrected chi connectivity index (χ4v) is 2.86. The van der Waals surface area contributed by atoms with Crippen molar-refractivity contribution in [2.24, 2.45) is 0 Å². The maximum Gasteiger partial charge on any atom is 0.268 e. The third-order valence-electron chi connectivity index (χ3n) is 3.91. The standard InChI is InChI=1S/C21H21FN2O4S/c1-29-12-11-17(21(27)28)23-20(26)18(13-14-7-9-16(22)10-8-14)24-19(25)15-5-3-2-4-6-15/h2-10,13,17H,11-12H2,1H3,(H,23,26)(H,24,25)(H,27,28)/p-1/b18-13-/t17-/m1/s1. The molecule has 0 saturated carbocycles. The van der Waals surface area contributed by atoms with E-state index in [9.17, 15) is 23.9 Å². The number of carboxylic acids is 1. The molecule has 152 valence electrons. The van der Waals surface area contributed by atoms with Crippen LogP contribution in [0.4, 0.5) is 4.39 Å². The Morgan fingerprint density at radius 3 is 2.34 bits per heavy atom. The lowest BCUT2D eigenvalue weighted by molar-refractivity contribution is -0.308. The molecule has 1 atom stereocenters. The van der Waals surface area contributed by atoms with Gasteiger partial charge in [0.1, 0.15) is 11.5 Å². The second kappa shape index (κ2) is 11.0. The van der Waals surface area contributed by atoms with Crippen LogP contribution in [0.25, 0.3) is 6.08 Å². The SMILES string of the molecule is CSCC[C@@H](NC(=O)/C(=C/c1ccc(F)cc1)NC(=O)c1ccccc1)C(=O)[O-]. The van der Waals surface area contributed by atoms with Gasteiger partial charge in [0.15, 0.2) is 0 Å². The molecule has 0 fully saturated rings. The first-order valence-electron chi connectivity index (χ1n) is 8.75. The third kappa shape index (κ3) is 7.08. The number of carboxylic acid groups (broad SMARTS) is 1. The Hall–Kier alpha value is -3.13. The van der Waals surface area contributed by atoms with Crippen LogP contribution < -0.4 is 15.7 Å². The van der Waals surface area contributed by atoms with Gasteiger partial charge in [-0.1, -0.05) is 30.3 Å². The van der Waals surface area contributed by atoms with Crippen LogP contribution in [-0.2, 0) is 9.59 Å². The van der Waals surface area contributed by atoms with E-state index in [2.05, 4.69) is 10.6 Å². The number of amides is 2. The molecule has 0 aliphatic heterocycles. The summed E-state index contributed by atoms with van der Waals surface area (Å²) in [6, 6.07) is 12.3. The summed E-state index contributed by atoms with van der Waals surface area (Å²) in [6.07, 6.45) is 3.33. The summed E-state index contributed by atoms with van der Waals surface area (Å²) in [4.78, 5) is 36.5. The molecule has 0 unspecified atom stereocenters. The molecular formula is C21H20FN2O4S-. The van der Waals surface area contributed by atoms with Gasteiger partial charge in [0.05, 0.1) is 12.0 Å². The maximum atomic E-state index is 13.1. The number of benzene rings is 2. The number of carbonyl (C=O) groups excluding carboxylic acids is 3. The van der Waals surface area contributed by atoms with Crippen molar-refractivity contribution in [1.82, 2.24) is 10.6 Å². The maximum absolute atomic E-state index is 13.1. The van der Waals surface area contributed by atoms with Crippen LogP contribution in [0.3, 0.4) is 0 Å². The highest BCUT2D eigenvalue weighted by atomic mass is 32.2. The van der Waals surface area contributed by atoms with E-state index in [1.165, 1.54) is 42.1 Å². The van der Waals surface area contributed by atoms with Gasteiger partial charge in [-0.05, 0) is 54.3 Å². The summed E-state index contributed by atoms with van der Waals surface area (Å²) >= 11 is 1.43. The summed E-state index contributed by atoms with van der Waals surface area (Å²) in [7, 11) is 0. The Bertz CT molecular complexity index is 885. The molecule has 6 nitrogen and oxygen atoms in total. The molecule has 0 saturated heterocycles. The number of hydrogen-bond acceptors (Lipinski definition) is 5. The zero-order chi connectivity index (χ0) is 21.2. The van der Waals surface area contributed by atoms with Crippen LogP contribution in [0.2, 0.25) is 0 Å². The molecule has 0 aromatic heterocycles. The lowest BCUT2D eigenvalue weighted by Gasteiger charge is -2.20. The van der Waals surface area contributed by atoms with E-state index in [-0.39, 0.29) is 12.1 Å². The average Bonchev–Trinajstić information content (AvgIpc) is 2.72. The van der Waals surface area contributed by atoms with Crippen molar-refractivity contribution in [1.29, 1.82) is 0 Å². The summed E-state index contributed by atoms with van der Waals surface area (Å²) in [6.45, 7) is 0. The Morgan fingerprint density at radius 1 is 1.10 bits per heavy atom. The Labute approximate surface area is 172 Å². The van der Waals surface area contributed by atoms with Gasteiger partial charge in [-0.2, -0.15) is 11.8 Å². The normalized spacial score (nSPS) is 12.1. The van der Waals surface area contributed by atoms with Gasteiger partial charge in [-0.3, -0.25) is 9.59 Å². The number of thioether (sulfide) groups is 1. The molecule has 2 aromatic rings. The lowest BCUT2D eigenvalue weighted by Crippen LogP contribution is -2.50. The van der Waals surface area contributed by atoms with Gasteiger partial charge in [0.2, 0.25) is 0 Å². The monoisotopic (exact) mass is 415 g/mol. The zero-order valence-corrected chi connectivity index (χ0v) is 16.5. The van der Waals surface area contributed by atoms with Gasteiger partial charge in [0.25, 0.3) is 11.8 Å². The van der Waals surface area contributed by atoms with Crippen LogP contribution in [0.15, 0.2) is 60.3 Å². The van der Waals surface area contributed by atoms with E-state index in [0.717, 1.165) is 0 Å². The molecule has 29 heavy (non-hydrogen) atoms. The Morgan fingerprint density at radius 2 is 1.76 bits per heavy atom. The highest BCUT2D eigenvalue weighted by Crippen LogP contribution is 2.10. The zero-order valence-electron chi connectivity index (χ0n) is 15.7. The minimum Gasteiger partial charge on any atom is -0.548 e. The number of halogens is 1. The summed E-state index contributed by atoms with van der Waals surface area (Å²) in [5, 5.41) is 16.2. The van der Waals surface area contributed by atoms with Crippen molar-refractivity contribution in [3.05, 3.63) is 77.2 Å². The number of aliphatic carboxylic acids is 1.